The largest absolute Gasteiger partial charge is 0.465 e. The van der Waals surface area contributed by atoms with Gasteiger partial charge in [-0.2, -0.15) is 5.10 Å². The Balaban J connectivity index is 1.54. The number of allylic oxidation sites excluding steroid dienone is 1. The highest BCUT2D eigenvalue weighted by Gasteiger charge is 2.07. The molecule has 0 radical (unpaired) electrons. The minimum Gasteiger partial charge on any atom is -0.465 e. The molecule has 0 spiro atoms. The minimum atomic E-state index is -0.160. The number of hydrazone groups is 1. The first-order chi connectivity index (χ1) is 10.8. The van der Waals surface area contributed by atoms with Gasteiger partial charge in [0.25, 0.3) is 0 Å². The molecule has 0 atom stereocenters. The molecular formula is C17H15N3O2. The number of nitrogens with one attached hydrogen (secondary N) is 2. The fraction of sp³-hybridized carbons (Fsp3) is 0.0588. The molecule has 1 amide bonds. The molecular weight excluding hydrogens is 278 g/mol. The third-order valence-electron chi connectivity index (χ3n) is 3.18. The molecule has 1 aromatic carbocycles. The standard InChI is InChI=1S/C17H15N3O2/c21-17(20-19-9-3-5-14-6-4-10-22-14)11-13-12-18-16-8-2-1-7-15(13)16/h1-10,12,18H,11H2,(H,20,21)/b5-3+,19-9?. The first-order valence-corrected chi connectivity index (χ1v) is 6.90. The van der Waals surface area contributed by atoms with Crippen molar-refractivity contribution in [2.24, 2.45) is 5.10 Å². The number of carbonyl (C=O) groups excluding carboxylic acids is 1. The van der Waals surface area contributed by atoms with Gasteiger partial charge in [0.1, 0.15) is 5.76 Å². The predicted molar refractivity (Wildman–Crippen MR) is 86.4 cm³/mol. The van der Waals surface area contributed by atoms with Gasteiger partial charge in [-0.15, -0.1) is 0 Å². The van der Waals surface area contributed by atoms with E-state index in [-0.39, 0.29) is 12.3 Å². The van der Waals surface area contributed by atoms with Gasteiger partial charge in [0.2, 0.25) is 5.91 Å². The van der Waals surface area contributed by atoms with Crippen molar-refractivity contribution < 1.29 is 9.21 Å². The second-order valence-corrected chi connectivity index (χ2v) is 4.72. The summed E-state index contributed by atoms with van der Waals surface area (Å²) in [4.78, 5) is 15.0. The highest BCUT2D eigenvalue weighted by molar-refractivity contribution is 5.89. The van der Waals surface area contributed by atoms with Gasteiger partial charge in [-0.1, -0.05) is 18.2 Å². The molecule has 0 aliphatic carbocycles. The first-order valence-electron chi connectivity index (χ1n) is 6.90. The van der Waals surface area contributed by atoms with Crippen LogP contribution in [0.3, 0.4) is 0 Å². The molecule has 2 aromatic heterocycles. The quantitative estimate of drug-likeness (QED) is 0.560. The number of furan rings is 1. The Hall–Kier alpha value is -3.08. The molecule has 2 N–H and O–H groups in total. The molecule has 3 rings (SSSR count). The van der Waals surface area contributed by atoms with E-state index in [0.717, 1.165) is 22.2 Å². The maximum Gasteiger partial charge on any atom is 0.244 e. The number of aromatic amines is 1. The minimum absolute atomic E-state index is 0.160. The highest BCUT2D eigenvalue weighted by Crippen LogP contribution is 2.17. The highest BCUT2D eigenvalue weighted by atomic mass is 16.3. The average Bonchev–Trinajstić information content (AvgIpc) is 3.17. The predicted octanol–water partition coefficient (Wildman–Crippen LogP) is 3.12. The lowest BCUT2D eigenvalue weighted by molar-refractivity contribution is -0.120. The normalized spacial score (nSPS) is 11.6. The van der Waals surface area contributed by atoms with Crippen molar-refractivity contribution in [2.75, 3.05) is 0 Å². The number of hydrogen-bond donors (Lipinski definition) is 2. The van der Waals surface area contributed by atoms with Crippen LogP contribution in [0.4, 0.5) is 0 Å². The topological polar surface area (TPSA) is 70.4 Å². The fourth-order valence-corrected chi connectivity index (χ4v) is 2.17. The molecule has 3 aromatic rings. The SMILES string of the molecule is O=C(Cc1c[nH]c2ccccc12)NN=C/C=C/c1ccco1. The van der Waals surface area contributed by atoms with E-state index >= 15 is 0 Å². The third kappa shape index (κ3) is 3.32. The van der Waals surface area contributed by atoms with Crippen molar-refractivity contribution in [3.63, 3.8) is 0 Å². The first kappa shape index (κ1) is 13.9. The number of fused-ring (bicyclic) bond motifs is 1. The maximum atomic E-state index is 11.9. The zero-order valence-electron chi connectivity index (χ0n) is 11.8. The van der Waals surface area contributed by atoms with Crippen molar-refractivity contribution in [3.8, 4) is 0 Å². The molecule has 2 heterocycles. The Morgan fingerprint density at radius 1 is 1.27 bits per heavy atom. The summed E-state index contributed by atoms with van der Waals surface area (Å²) in [5, 5.41) is 4.92. The fourth-order valence-electron chi connectivity index (χ4n) is 2.17. The number of H-pyrrole nitrogens is 1. The number of nitrogens with zero attached hydrogens (tertiary/aromatic N) is 1. The van der Waals surface area contributed by atoms with Crippen LogP contribution in [0.25, 0.3) is 17.0 Å². The van der Waals surface area contributed by atoms with E-state index in [0.29, 0.717) is 0 Å². The van der Waals surface area contributed by atoms with Crippen LogP contribution in [0.15, 0.2) is 64.5 Å². The van der Waals surface area contributed by atoms with E-state index in [1.54, 1.807) is 24.5 Å². The smallest absolute Gasteiger partial charge is 0.244 e. The average molecular weight is 293 g/mol. The molecule has 0 unspecified atom stereocenters. The lowest BCUT2D eigenvalue weighted by atomic mass is 10.1. The number of carbonyl (C=O) groups is 1. The van der Waals surface area contributed by atoms with Crippen LogP contribution in [0, 0.1) is 0 Å². The van der Waals surface area contributed by atoms with Crippen LogP contribution >= 0.6 is 0 Å². The molecule has 0 fully saturated rings. The van der Waals surface area contributed by atoms with Crippen LogP contribution in [-0.4, -0.2) is 17.1 Å². The molecule has 0 aliphatic heterocycles. The van der Waals surface area contributed by atoms with E-state index in [1.165, 1.54) is 6.21 Å². The second-order valence-electron chi connectivity index (χ2n) is 4.72. The monoisotopic (exact) mass is 293 g/mol. The van der Waals surface area contributed by atoms with Gasteiger partial charge in [0, 0.05) is 23.3 Å². The van der Waals surface area contributed by atoms with Gasteiger partial charge in [-0.25, -0.2) is 5.43 Å². The summed E-state index contributed by atoms with van der Waals surface area (Å²) in [5.41, 5.74) is 4.48. The van der Waals surface area contributed by atoms with Crippen molar-refractivity contribution in [2.45, 2.75) is 6.42 Å². The molecule has 0 saturated heterocycles. The number of para-hydroxylation sites is 1. The third-order valence-corrected chi connectivity index (χ3v) is 3.18. The van der Waals surface area contributed by atoms with Crippen molar-refractivity contribution >= 4 is 29.1 Å². The second kappa shape index (κ2) is 6.58. The Bertz CT molecular complexity index is 813. The number of benzene rings is 1. The zero-order chi connectivity index (χ0) is 15.2. The maximum absolute atomic E-state index is 11.9. The number of rotatable bonds is 5. The van der Waals surface area contributed by atoms with E-state index in [4.69, 9.17) is 4.42 Å². The molecule has 0 bridgehead atoms. The van der Waals surface area contributed by atoms with Gasteiger partial charge < -0.3 is 9.40 Å². The Morgan fingerprint density at radius 3 is 3.05 bits per heavy atom. The van der Waals surface area contributed by atoms with Crippen molar-refractivity contribution in [3.05, 3.63) is 66.3 Å². The molecule has 110 valence electrons. The summed E-state index contributed by atoms with van der Waals surface area (Å²) in [6, 6.07) is 11.5. The summed E-state index contributed by atoms with van der Waals surface area (Å²) >= 11 is 0. The molecule has 22 heavy (non-hydrogen) atoms. The summed E-state index contributed by atoms with van der Waals surface area (Å²) in [6.45, 7) is 0. The summed E-state index contributed by atoms with van der Waals surface area (Å²) in [5.74, 6) is 0.573. The summed E-state index contributed by atoms with van der Waals surface area (Å²) in [7, 11) is 0. The Morgan fingerprint density at radius 2 is 2.18 bits per heavy atom. The van der Waals surface area contributed by atoms with Crippen molar-refractivity contribution in [1.82, 2.24) is 10.4 Å². The molecule has 0 saturated carbocycles. The van der Waals surface area contributed by atoms with Crippen LogP contribution < -0.4 is 5.43 Å². The molecule has 5 heteroatoms. The Kier molecular flexibility index (Phi) is 4.15. The lowest BCUT2D eigenvalue weighted by Crippen LogP contribution is -2.19. The lowest BCUT2D eigenvalue weighted by Gasteiger charge is -1.98. The van der Waals surface area contributed by atoms with E-state index in [9.17, 15) is 4.79 Å². The van der Waals surface area contributed by atoms with Crippen LogP contribution in [-0.2, 0) is 11.2 Å². The van der Waals surface area contributed by atoms with Crippen LogP contribution in [0.2, 0.25) is 0 Å². The number of hydrogen-bond acceptors (Lipinski definition) is 3. The molecule has 0 aliphatic rings. The number of amides is 1. The number of aromatic nitrogens is 1. The van der Waals surface area contributed by atoms with Gasteiger partial charge in [-0.3, -0.25) is 4.79 Å². The van der Waals surface area contributed by atoms with Crippen LogP contribution in [0.1, 0.15) is 11.3 Å². The summed E-state index contributed by atoms with van der Waals surface area (Å²) < 4.78 is 5.13. The van der Waals surface area contributed by atoms with E-state index < -0.39 is 0 Å². The van der Waals surface area contributed by atoms with E-state index in [1.807, 2.05) is 36.5 Å². The van der Waals surface area contributed by atoms with Crippen molar-refractivity contribution in [1.29, 1.82) is 0 Å². The summed E-state index contributed by atoms with van der Waals surface area (Å²) in [6.07, 6.45) is 8.70. The van der Waals surface area contributed by atoms with Gasteiger partial charge in [-0.05, 0) is 35.9 Å². The Labute approximate surface area is 127 Å². The van der Waals surface area contributed by atoms with Crippen LogP contribution in [0.5, 0.6) is 0 Å². The molecule has 5 nitrogen and oxygen atoms in total. The van der Waals surface area contributed by atoms with Gasteiger partial charge in [0.15, 0.2) is 0 Å². The van der Waals surface area contributed by atoms with E-state index in [2.05, 4.69) is 15.5 Å². The van der Waals surface area contributed by atoms with Gasteiger partial charge in [0.05, 0.1) is 12.7 Å². The zero-order valence-corrected chi connectivity index (χ0v) is 11.8. The van der Waals surface area contributed by atoms with Gasteiger partial charge >= 0.3 is 0 Å².